The van der Waals surface area contributed by atoms with E-state index in [0.29, 0.717) is 64.0 Å². The second-order valence-electron chi connectivity index (χ2n) is 9.92. The maximum atomic E-state index is 15.6. The van der Waals surface area contributed by atoms with E-state index in [1.807, 2.05) is 36.3 Å². The number of fused-ring (bicyclic) bond motifs is 2. The predicted molar refractivity (Wildman–Crippen MR) is 132 cm³/mol. The molecule has 1 saturated heterocycles. The summed E-state index contributed by atoms with van der Waals surface area (Å²) in [6.45, 7) is 1.68. The van der Waals surface area contributed by atoms with Crippen molar-refractivity contribution in [2.75, 3.05) is 39.3 Å². The first kappa shape index (κ1) is 26.1. The Labute approximate surface area is 216 Å². The Balaban J connectivity index is 1.09. The van der Waals surface area contributed by atoms with Gasteiger partial charge in [-0.1, -0.05) is 23.5 Å². The average Bonchev–Trinajstić information content (AvgIpc) is 3.44. The zero-order chi connectivity index (χ0) is 26.2. The fourth-order valence-corrected chi connectivity index (χ4v) is 5.94. The van der Waals surface area contributed by atoms with Gasteiger partial charge in [0.2, 0.25) is 0 Å². The molecule has 2 aliphatic rings. The topological polar surface area (TPSA) is 63.5 Å². The Bertz CT molecular complexity index is 1270. The first-order chi connectivity index (χ1) is 17.6. The number of ether oxygens (including phenoxy) is 1. The van der Waals surface area contributed by atoms with Crippen molar-refractivity contribution in [2.45, 2.75) is 44.1 Å². The smallest absolute Gasteiger partial charge is 0.422 e. The molecule has 0 unspecified atom stereocenters. The van der Waals surface area contributed by atoms with Gasteiger partial charge in [-0.15, -0.1) is 0 Å². The van der Waals surface area contributed by atoms with Gasteiger partial charge in [-0.05, 0) is 31.7 Å². The molecule has 3 aromatic rings. The zero-order valence-corrected chi connectivity index (χ0v) is 21.4. The van der Waals surface area contributed by atoms with E-state index in [1.165, 1.54) is 0 Å². The summed E-state index contributed by atoms with van der Waals surface area (Å²) in [5.41, 5.74) is 0.841. The minimum atomic E-state index is -4.40. The fourth-order valence-electron chi connectivity index (χ4n) is 5.04. The molecule has 200 valence electrons. The van der Waals surface area contributed by atoms with Crippen LogP contribution in [0.1, 0.15) is 40.2 Å². The molecule has 1 fully saturated rings. The summed E-state index contributed by atoms with van der Waals surface area (Å²) in [6.07, 6.45) is -0.784. The molecule has 0 atom stereocenters. The highest BCUT2D eigenvalue weighted by Gasteiger charge is 2.36. The van der Waals surface area contributed by atoms with Crippen LogP contribution in [0.25, 0.3) is 10.9 Å². The van der Waals surface area contributed by atoms with Crippen LogP contribution in [0.2, 0.25) is 0 Å². The van der Waals surface area contributed by atoms with Crippen LogP contribution < -0.4 is 4.74 Å². The van der Waals surface area contributed by atoms with Crippen molar-refractivity contribution in [1.29, 1.82) is 0 Å². The van der Waals surface area contributed by atoms with Crippen LogP contribution in [0.15, 0.2) is 24.4 Å². The standard InChI is InChI=1S/C25H29F4N5O2S/c1-32-13-18-17(3-2-4-19(18)31-32)21(35)15-34-11-7-24(26,8-12-34)6-10-33-9-5-22-20(14-33)30-23(37-22)36-16-25(27,28)29/h2-4,13H,5-12,14-16H2,1H3. The van der Waals surface area contributed by atoms with Crippen molar-refractivity contribution in [3.05, 3.63) is 40.5 Å². The van der Waals surface area contributed by atoms with E-state index < -0.39 is 18.5 Å². The number of carbonyl (C=O) groups excluding carboxylic acids is 1. The molecule has 0 spiro atoms. The molecule has 0 aliphatic carbocycles. The third-order valence-corrected chi connectivity index (χ3v) is 8.18. The number of nitrogens with zero attached hydrogens (tertiary/aromatic N) is 5. The minimum Gasteiger partial charge on any atom is -0.460 e. The van der Waals surface area contributed by atoms with Crippen LogP contribution in [0.4, 0.5) is 17.6 Å². The molecule has 2 aromatic heterocycles. The van der Waals surface area contributed by atoms with Crippen molar-refractivity contribution in [1.82, 2.24) is 24.6 Å². The highest BCUT2D eigenvalue weighted by atomic mass is 32.1. The molecule has 0 saturated carbocycles. The highest BCUT2D eigenvalue weighted by Crippen LogP contribution is 2.34. The first-order valence-electron chi connectivity index (χ1n) is 12.3. The molecule has 12 heteroatoms. The molecular formula is C25H29F4N5O2S. The normalized spacial score (nSPS) is 18.7. The van der Waals surface area contributed by atoms with E-state index in [0.717, 1.165) is 32.8 Å². The predicted octanol–water partition coefficient (Wildman–Crippen LogP) is 4.41. The van der Waals surface area contributed by atoms with Crippen molar-refractivity contribution in [3.63, 3.8) is 0 Å². The van der Waals surface area contributed by atoms with E-state index in [9.17, 15) is 18.0 Å². The second kappa shape index (κ2) is 10.3. The zero-order valence-electron chi connectivity index (χ0n) is 20.6. The third kappa shape index (κ3) is 6.29. The molecule has 0 bridgehead atoms. The second-order valence-corrected chi connectivity index (χ2v) is 11.0. The summed E-state index contributed by atoms with van der Waals surface area (Å²) < 4.78 is 59.3. The summed E-state index contributed by atoms with van der Waals surface area (Å²) in [4.78, 5) is 22.2. The van der Waals surface area contributed by atoms with Gasteiger partial charge >= 0.3 is 6.18 Å². The largest absolute Gasteiger partial charge is 0.460 e. The van der Waals surface area contributed by atoms with Gasteiger partial charge in [0.15, 0.2) is 12.4 Å². The van der Waals surface area contributed by atoms with E-state index in [4.69, 9.17) is 4.74 Å². The molecule has 0 amide bonds. The molecule has 0 N–H and O–H groups in total. The molecular weight excluding hydrogens is 510 g/mol. The molecule has 7 nitrogen and oxygen atoms in total. The average molecular weight is 540 g/mol. The highest BCUT2D eigenvalue weighted by molar-refractivity contribution is 7.13. The van der Waals surface area contributed by atoms with E-state index >= 15 is 4.39 Å². The Morgan fingerprint density at radius 2 is 1.97 bits per heavy atom. The number of hydrogen-bond acceptors (Lipinski definition) is 7. The van der Waals surface area contributed by atoms with Gasteiger partial charge in [0, 0.05) is 61.8 Å². The lowest BCUT2D eigenvalue weighted by molar-refractivity contribution is -0.153. The van der Waals surface area contributed by atoms with Crippen molar-refractivity contribution in [3.8, 4) is 5.19 Å². The van der Waals surface area contributed by atoms with Gasteiger partial charge in [-0.3, -0.25) is 19.3 Å². The van der Waals surface area contributed by atoms with Crippen LogP contribution >= 0.6 is 11.3 Å². The van der Waals surface area contributed by atoms with Crippen LogP contribution in [-0.2, 0) is 20.0 Å². The summed E-state index contributed by atoms with van der Waals surface area (Å²) >= 11 is 1.16. The number of aryl methyl sites for hydroxylation is 1. The number of alkyl halides is 4. The number of thiazole rings is 1. The maximum Gasteiger partial charge on any atom is 0.422 e. The van der Waals surface area contributed by atoms with E-state index in [-0.39, 0.29) is 17.5 Å². The van der Waals surface area contributed by atoms with Crippen LogP contribution in [0.5, 0.6) is 5.19 Å². The summed E-state index contributed by atoms with van der Waals surface area (Å²) in [7, 11) is 1.82. The summed E-state index contributed by atoms with van der Waals surface area (Å²) in [6, 6.07) is 5.52. The lowest BCUT2D eigenvalue weighted by atomic mass is 9.89. The van der Waals surface area contributed by atoms with Crippen LogP contribution in [0, 0.1) is 0 Å². The molecule has 0 radical (unpaired) electrons. The van der Waals surface area contributed by atoms with Crippen LogP contribution in [-0.4, -0.2) is 81.5 Å². The summed E-state index contributed by atoms with van der Waals surface area (Å²) in [5, 5.41) is 5.22. The number of rotatable bonds is 8. The Hall–Kier alpha value is -2.57. The van der Waals surface area contributed by atoms with Crippen molar-refractivity contribution >= 4 is 28.0 Å². The quantitative estimate of drug-likeness (QED) is 0.312. The number of carbonyl (C=O) groups is 1. The third-order valence-electron chi connectivity index (χ3n) is 7.11. The van der Waals surface area contributed by atoms with E-state index in [2.05, 4.69) is 15.0 Å². The van der Waals surface area contributed by atoms with Crippen LogP contribution in [0.3, 0.4) is 0 Å². The number of aromatic nitrogens is 3. The van der Waals surface area contributed by atoms with Gasteiger partial charge < -0.3 is 4.74 Å². The van der Waals surface area contributed by atoms with Crippen molar-refractivity contribution in [2.24, 2.45) is 7.05 Å². The maximum absolute atomic E-state index is 15.6. The van der Waals surface area contributed by atoms with Gasteiger partial charge in [-0.25, -0.2) is 9.37 Å². The van der Waals surface area contributed by atoms with Gasteiger partial charge in [-0.2, -0.15) is 18.3 Å². The Morgan fingerprint density at radius 1 is 1.19 bits per heavy atom. The molecule has 5 rings (SSSR count). The molecule has 37 heavy (non-hydrogen) atoms. The van der Waals surface area contributed by atoms with Gasteiger partial charge in [0.1, 0.15) is 5.67 Å². The summed E-state index contributed by atoms with van der Waals surface area (Å²) in [5.74, 6) is 0.0101. The minimum absolute atomic E-state index is 0.0101. The Morgan fingerprint density at radius 3 is 2.73 bits per heavy atom. The molecule has 2 aliphatic heterocycles. The number of ketones is 1. The number of likely N-dealkylation sites (tertiary alicyclic amines) is 1. The first-order valence-corrected chi connectivity index (χ1v) is 13.2. The van der Waals surface area contributed by atoms with Gasteiger partial charge in [0.25, 0.3) is 5.19 Å². The van der Waals surface area contributed by atoms with Crippen molar-refractivity contribution < 1.29 is 27.1 Å². The number of benzene rings is 1. The fraction of sp³-hybridized carbons (Fsp3) is 0.560. The Kier molecular flexibility index (Phi) is 7.25. The lowest BCUT2D eigenvalue weighted by Gasteiger charge is -2.37. The number of Topliss-reactive ketones (excluding diaryl/α,β-unsaturated/α-hetero) is 1. The monoisotopic (exact) mass is 539 g/mol. The number of hydrogen-bond donors (Lipinski definition) is 0. The molecule has 4 heterocycles. The van der Waals surface area contributed by atoms with Gasteiger partial charge in [0.05, 0.1) is 17.8 Å². The molecule has 1 aromatic carbocycles. The van der Waals surface area contributed by atoms with E-state index in [1.54, 1.807) is 4.68 Å². The number of piperidine rings is 1. The SMILES string of the molecule is Cn1cc2c(C(=O)CN3CCC(F)(CCN4CCc5sc(OCC(F)(F)F)nc5C4)CC3)cccc2n1. The lowest BCUT2D eigenvalue weighted by Crippen LogP contribution is -2.45. The number of halogens is 4.